The van der Waals surface area contributed by atoms with E-state index in [1.165, 1.54) is 36.1 Å². The largest absolute Gasteiger partial charge is 0.457 e. The Morgan fingerprint density at radius 3 is 2.04 bits per heavy atom. The van der Waals surface area contributed by atoms with E-state index in [9.17, 15) is 34.1 Å². The highest BCUT2D eigenvalue weighted by Gasteiger charge is 2.51. The molecule has 6 aliphatic heterocycles. The Bertz CT molecular complexity index is 1710. The number of benzene rings is 3. The molecule has 15 heteroatoms. The summed E-state index contributed by atoms with van der Waals surface area (Å²) in [7, 11) is 0. The number of nitrogens with zero attached hydrogens (tertiary/aromatic N) is 3. The van der Waals surface area contributed by atoms with Crippen LogP contribution in [0.15, 0.2) is 84.9 Å². The zero-order valence-electron chi connectivity index (χ0n) is 24.1. The molecule has 6 aliphatic rings. The van der Waals surface area contributed by atoms with Gasteiger partial charge in [-0.3, -0.25) is 29.3 Å². The molecule has 9 rings (SSSR count). The minimum absolute atomic E-state index is 0.267. The number of halogens is 1. The van der Waals surface area contributed by atoms with Crippen molar-refractivity contribution >= 4 is 57.5 Å². The van der Waals surface area contributed by atoms with E-state index in [0.29, 0.717) is 27.6 Å². The third-order valence-electron chi connectivity index (χ3n) is 6.94. The summed E-state index contributed by atoms with van der Waals surface area (Å²) >= 11 is 4.24. The van der Waals surface area contributed by atoms with Crippen LogP contribution in [-0.4, -0.2) is 67.0 Å². The first-order valence-electron chi connectivity index (χ1n) is 13.7. The van der Waals surface area contributed by atoms with E-state index in [-0.39, 0.29) is 18.4 Å². The number of likely N-dealkylation sites (tertiary alicyclic amines) is 1. The number of ether oxygens (including phenoxy) is 2. The molecule has 3 atom stereocenters. The van der Waals surface area contributed by atoms with E-state index in [1.807, 2.05) is 24.3 Å². The number of rotatable bonds is 7. The van der Waals surface area contributed by atoms with Crippen molar-refractivity contribution in [1.29, 1.82) is 0 Å². The fourth-order valence-electron chi connectivity index (χ4n) is 4.68. The first-order valence-corrected chi connectivity index (χ1v) is 15.6. The number of fused-ring (bicyclic) bond motifs is 7. The third-order valence-corrected chi connectivity index (χ3v) is 9.01. The van der Waals surface area contributed by atoms with Crippen LogP contribution in [0.4, 0.5) is 0 Å². The number of alkyl halides is 1. The Balaban J connectivity index is 0.000000169. The summed E-state index contributed by atoms with van der Waals surface area (Å²) in [5.74, 6) is -0.144. The van der Waals surface area contributed by atoms with Crippen molar-refractivity contribution in [1.82, 2.24) is 14.5 Å². The molecule has 3 unspecified atom stereocenters. The maximum Gasteiger partial charge on any atom is 0.383 e. The van der Waals surface area contributed by atoms with Gasteiger partial charge in [-0.25, -0.2) is 9.10 Å². The average molecular weight is 710 g/mol. The lowest BCUT2D eigenvalue weighted by Gasteiger charge is -2.47. The number of nitrogens with one attached hydrogen (secondary N) is 1. The minimum Gasteiger partial charge on any atom is -0.457 e. The first-order chi connectivity index (χ1) is 22.0. The average Bonchev–Trinajstić information content (AvgIpc) is 3.15. The molecular formula is C31H25BrN4O9S. The molecule has 0 spiro atoms. The second-order valence-electron chi connectivity index (χ2n) is 10.2. The molecule has 0 saturated carbocycles. The van der Waals surface area contributed by atoms with Crippen LogP contribution in [0.3, 0.4) is 0 Å². The maximum atomic E-state index is 12.5. The van der Waals surface area contributed by atoms with Crippen molar-refractivity contribution in [2.24, 2.45) is 0 Å². The molecular weight excluding hydrogens is 684 g/mol. The summed E-state index contributed by atoms with van der Waals surface area (Å²) < 4.78 is 10.7. The summed E-state index contributed by atoms with van der Waals surface area (Å²) in [6, 6.07) is 19.7. The van der Waals surface area contributed by atoms with E-state index in [4.69, 9.17) is 4.74 Å². The Hall–Kier alpha value is -5.02. The number of β-lactam (4-membered cyclic amide) rings is 1. The molecule has 13 nitrogen and oxygen atoms in total. The molecule has 0 radical (unpaired) electrons. The highest BCUT2D eigenvalue weighted by atomic mass is 79.9. The number of amides is 4. The molecule has 4 amide bonds. The van der Waals surface area contributed by atoms with Gasteiger partial charge in [-0.2, -0.15) is 0 Å². The van der Waals surface area contributed by atoms with Gasteiger partial charge < -0.3 is 19.7 Å². The van der Waals surface area contributed by atoms with Crippen molar-refractivity contribution in [3.05, 3.63) is 117 Å². The van der Waals surface area contributed by atoms with Gasteiger partial charge in [0, 0.05) is 24.9 Å². The molecule has 0 aliphatic carbocycles. The third kappa shape index (κ3) is 6.65. The number of esters is 1. The maximum absolute atomic E-state index is 12.5. The monoisotopic (exact) mass is 708 g/mol. The van der Waals surface area contributed by atoms with E-state index < -0.39 is 40.4 Å². The van der Waals surface area contributed by atoms with Gasteiger partial charge in [0.2, 0.25) is 11.8 Å². The second kappa shape index (κ2) is 13.5. The van der Waals surface area contributed by atoms with Crippen LogP contribution < -0.4 is 10.1 Å². The number of hydrogen-bond donors (Lipinski definition) is 1. The molecule has 1 saturated heterocycles. The number of hydrogen-bond acceptors (Lipinski definition) is 10. The Kier molecular flexibility index (Phi) is 9.53. The topological polar surface area (TPSA) is 165 Å². The van der Waals surface area contributed by atoms with Crippen molar-refractivity contribution < 1.29 is 38.4 Å². The van der Waals surface area contributed by atoms with E-state index in [2.05, 4.69) is 32.6 Å². The predicted molar refractivity (Wildman–Crippen MR) is 169 cm³/mol. The second-order valence-corrected chi connectivity index (χ2v) is 11.8. The highest BCUT2D eigenvalue weighted by molar-refractivity contribution is 9.09. The minimum atomic E-state index is -1.36. The molecule has 0 aromatic heterocycles. The van der Waals surface area contributed by atoms with Gasteiger partial charge in [0.1, 0.15) is 22.9 Å². The van der Waals surface area contributed by atoms with Crippen LogP contribution in [0.5, 0.6) is 11.5 Å². The summed E-state index contributed by atoms with van der Waals surface area (Å²) in [5, 5.41) is 13.0. The predicted octanol–water partition coefficient (Wildman–Crippen LogP) is 4.48. The van der Waals surface area contributed by atoms with Crippen LogP contribution >= 0.6 is 27.9 Å². The summed E-state index contributed by atoms with van der Waals surface area (Å²) in [6.45, 7) is 5.45. The lowest BCUT2D eigenvalue weighted by molar-refractivity contribution is -0.574. The molecule has 1 N–H and O–H groups in total. The number of carbonyl (C=O) groups is 5. The van der Waals surface area contributed by atoms with Crippen molar-refractivity contribution in [3.8, 4) is 11.5 Å². The van der Waals surface area contributed by atoms with Crippen LogP contribution in [0, 0.1) is 10.1 Å². The van der Waals surface area contributed by atoms with Gasteiger partial charge in [-0.05, 0) is 66.1 Å². The molecule has 1 fully saturated rings. The van der Waals surface area contributed by atoms with Gasteiger partial charge in [0.25, 0.3) is 11.8 Å². The van der Waals surface area contributed by atoms with Crippen molar-refractivity contribution in [2.75, 3.05) is 11.9 Å². The van der Waals surface area contributed by atoms with Gasteiger partial charge >= 0.3 is 12.2 Å². The molecule has 4 bridgehead atoms. The Morgan fingerprint density at radius 2 is 1.59 bits per heavy atom. The summed E-state index contributed by atoms with van der Waals surface area (Å²) in [6.07, 6.45) is -1.36. The standard InChI is InChI=1S/C17H16BrN3O4S.C8H5NO4.C6H4O/c1-9(7-18)8-20-16(25)13(19-10(2)22)17(20)26-21-14(23)11-5-3-4-6-12(11)15(21)24;10-8-6-3-1-5(2-4-6)7(13-8)9(11)12;1-2-5-4-6(3-1)7-5/h3-6,13,17H,1,7-8H2,2H3,(H,19,22);1-4,7H;1-4H. The van der Waals surface area contributed by atoms with Gasteiger partial charge in [0.15, 0.2) is 0 Å². The summed E-state index contributed by atoms with van der Waals surface area (Å²) in [5.41, 5.74) is 2.17. The van der Waals surface area contributed by atoms with E-state index >= 15 is 0 Å². The number of imide groups is 1. The Morgan fingerprint density at radius 1 is 1.00 bits per heavy atom. The lowest BCUT2D eigenvalue weighted by Crippen LogP contribution is -2.70. The smallest absolute Gasteiger partial charge is 0.383 e. The molecule has 3 aromatic rings. The van der Waals surface area contributed by atoms with Gasteiger partial charge in [0.05, 0.1) is 27.2 Å². The lowest BCUT2D eigenvalue weighted by atomic mass is 10.1. The first kappa shape index (κ1) is 32.4. The SMILES string of the molecule is C=C(CBr)CN1C(=O)C(NC(C)=O)C1SN1C(=O)c2ccccc2C1=O.O=C1OC([N+](=O)[O-])c2ccc1cc2.c1cc2cc(c1)O2. The molecule has 46 heavy (non-hydrogen) atoms. The van der Waals surface area contributed by atoms with Gasteiger partial charge in [-0.1, -0.05) is 40.7 Å². The van der Waals surface area contributed by atoms with Crippen molar-refractivity contribution in [2.45, 2.75) is 24.6 Å². The zero-order chi connectivity index (χ0) is 33.1. The highest BCUT2D eigenvalue weighted by Crippen LogP contribution is 2.38. The van der Waals surface area contributed by atoms with Gasteiger partial charge in [-0.15, -0.1) is 0 Å². The molecule has 3 aromatic carbocycles. The van der Waals surface area contributed by atoms with Crippen molar-refractivity contribution in [3.63, 3.8) is 0 Å². The zero-order valence-corrected chi connectivity index (χ0v) is 26.5. The van der Waals surface area contributed by atoms with Crippen LogP contribution in [-0.2, 0) is 14.3 Å². The quantitative estimate of drug-likeness (QED) is 0.0423. The van der Waals surface area contributed by atoms with E-state index in [0.717, 1.165) is 33.3 Å². The normalized spacial score (nSPS) is 19.5. The fraction of sp³-hybridized carbons (Fsp3) is 0.194. The summed E-state index contributed by atoms with van der Waals surface area (Å²) in [4.78, 5) is 71.3. The molecule has 236 valence electrons. The fourth-order valence-corrected chi connectivity index (χ4v) is 6.06. The van der Waals surface area contributed by atoms with Crippen LogP contribution in [0.25, 0.3) is 0 Å². The van der Waals surface area contributed by atoms with E-state index in [1.54, 1.807) is 24.3 Å². The van der Waals surface area contributed by atoms with Crippen LogP contribution in [0.2, 0.25) is 0 Å². The number of nitro groups is 1. The number of carbonyl (C=O) groups excluding carboxylic acids is 5. The van der Waals surface area contributed by atoms with Crippen LogP contribution in [0.1, 0.15) is 49.8 Å². The molecule has 6 heterocycles. The Labute approximate surface area is 274 Å².